The molecule has 2 rings (SSSR count). The number of ether oxygens (including phenoxy) is 3. The fraction of sp³-hybridized carbons (Fsp3) is 0.211. The number of hydrazone groups is 1. The molecule has 1 amide bonds. The van der Waals surface area contributed by atoms with Gasteiger partial charge in [0.25, 0.3) is 0 Å². The Balaban J connectivity index is 1.81. The molecular weight excluding hydrogens is 404 g/mol. The molecule has 0 saturated carbocycles. The molecule has 7 nitrogen and oxygen atoms in total. The third kappa shape index (κ3) is 7.13. The Bertz CT molecular complexity index is 843. The van der Waals surface area contributed by atoms with E-state index in [1.807, 2.05) is 24.3 Å². The van der Waals surface area contributed by atoms with E-state index in [2.05, 4.69) is 15.3 Å². The minimum absolute atomic E-state index is 0.199. The van der Waals surface area contributed by atoms with Crippen LogP contribution in [0, 0.1) is 0 Å². The third-order valence-electron chi connectivity index (χ3n) is 3.36. The lowest BCUT2D eigenvalue weighted by Gasteiger charge is -2.08. The zero-order valence-electron chi connectivity index (χ0n) is 15.3. The molecule has 2 aromatic rings. The Morgan fingerprint density at radius 1 is 1.14 bits per heavy atom. The molecule has 0 aliphatic carbocycles. The number of methoxy groups -OCH3 is 2. The number of halogens is 1. The van der Waals surface area contributed by atoms with Gasteiger partial charge >= 0.3 is 6.16 Å². The Labute approximate surface area is 172 Å². The summed E-state index contributed by atoms with van der Waals surface area (Å²) >= 11 is 7.40. The highest BCUT2D eigenvalue weighted by Crippen LogP contribution is 2.28. The Hall–Kier alpha value is -2.71. The molecule has 148 valence electrons. The molecule has 2 aromatic carbocycles. The summed E-state index contributed by atoms with van der Waals surface area (Å²) in [4.78, 5) is 24.1. The first-order chi connectivity index (χ1) is 13.5. The van der Waals surface area contributed by atoms with E-state index < -0.39 is 6.16 Å². The second-order valence-electron chi connectivity index (χ2n) is 5.31. The average Bonchev–Trinajstić information content (AvgIpc) is 2.70. The molecule has 0 aromatic heterocycles. The van der Waals surface area contributed by atoms with Crippen molar-refractivity contribution in [3.63, 3.8) is 0 Å². The van der Waals surface area contributed by atoms with Gasteiger partial charge in [0, 0.05) is 22.1 Å². The molecule has 0 saturated heterocycles. The molecule has 0 aliphatic heterocycles. The number of hydrogen-bond acceptors (Lipinski definition) is 7. The maximum atomic E-state index is 11.9. The van der Waals surface area contributed by atoms with Crippen molar-refractivity contribution >= 4 is 41.6 Å². The molecule has 0 bridgehead atoms. The van der Waals surface area contributed by atoms with Gasteiger partial charge in [0.15, 0.2) is 11.5 Å². The van der Waals surface area contributed by atoms with Crippen LogP contribution >= 0.6 is 23.4 Å². The highest BCUT2D eigenvalue weighted by molar-refractivity contribution is 7.99. The topological polar surface area (TPSA) is 86.2 Å². The maximum Gasteiger partial charge on any atom is 0.513 e. The van der Waals surface area contributed by atoms with Crippen LogP contribution in [0.1, 0.15) is 12.0 Å². The van der Waals surface area contributed by atoms with Crippen molar-refractivity contribution < 1.29 is 23.8 Å². The SMILES string of the molecule is COC(=O)Oc1ccc(/C=N\NC(=O)CCSc2ccc(Cl)cc2)cc1OC. The first kappa shape index (κ1) is 21.6. The fourth-order valence-corrected chi connectivity index (χ4v) is 2.99. The van der Waals surface area contributed by atoms with Gasteiger partial charge in [-0.3, -0.25) is 4.79 Å². The van der Waals surface area contributed by atoms with Gasteiger partial charge in [-0.2, -0.15) is 5.10 Å². The normalized spacial score (nSPS) is 10.5. The van der Waals surface area contributed by atoms with Crippen LogP contribution in [0.2, 0.25) is 5.02 Å². The molecule has 1 N–H and O–H groups in total. The van der Waals surface area contributed by atoms with E-state index in [-0.39, 0.29) is 11.7 Å². The Morgan fingerprint density at radius 3 is 2.57 bits per heavy atom. The largest absolute Gasteiger partial charge is 0.513 e. The van der Waals surface area contributed by atoms with Crippen molar-refractivity contribution in [3.8, 4) is 11.5 Å². The quantitative estimate of drug-likeness (QED) is 0.226. The van der Waals surface area contributed by atoms with E-state index in [1.165, 1.54) is 20.4 Å². The minimum Gasteiger partial charge on any atom is -0.493 e. The van der Waals surface area contributed by atoms with E-state index >= 15 is 0 Å². The zero-order chi connectivity index (χ0) is 20.4. The van der Waals surface area contributed by atoms with E-state index in [0.29, 0.717) is 28.5 Å². The summed E-state index contributed by atoms with van der Waals surface area (Å²) < 4.78 is 14.6. The van der Waals surface area contributed by atoms with Crippen LogP contribution < -0.4 is 14.9 Å². The lowest BCUT2D eigenvalue weighted by atomic mass is 10.2. The molecule has 0 fully saturated rings. The van der Waals surface area contributed by atoms with Gasteiger partial charge in [0.2, 0.25) is 5.91 Å². The summed E-state index contributed by atoms with van der Waals surface area (Å²) in [6, 6.07) is 12.3. The van der Waals surface area contributed by atoms with Crippen LogP contribution in [-0.4, -0.2) is 38.2 Å². The highest BCUT2D eigenvalue weighted by Gasteiger charge is 2.10. The molecule has 0 aliphatic rings. The monoisotopic (exact) mass is 422 g/mol. The van der Waals surface area contributed by atoms with Crippen LogP contribution in [0.3, 0.4) is 0 Å². The third-order valence-corrected chi connectivity index (χ3v) is 4.63. The summed E-state index contributed by atoms with van der Waals surface area (Å²) in [6.07, 6.45) is 0.942. The first-order valence-electron chi connectivity index (χ1n) is 8.16. The van der Waals surface area contributed by atoms with E-state index in [9.17, 15) is 9.59 Å². The number of thioether (sulfide) groups is 1. The van der Waals surface area contributed by atoms with Crippen LogP contribution in [0.5, 0.6) is 11.5 Å². The summed E-state index contributed by atoms with van der Waals surface area (Å²) in [5, 5.41) is 4.60. The van der Waals surface area contributed by atoms with Crippen LogP contribution in [0.4, 0.5) is 4.79 Å². The standard InChI is InChI=1S/C19H19ClN2O5S/c1-25-17-11-13(3-8-16(17)27-19(24)26-2)12-21-22-18(23)9-10-28-15-6-4-14(20)5-7-15/h3-8,11-12H,9-10H2,1-2H3,(H,22,23)/b21-12-. The van der Waals surface area contributed by atoms with Crippen molar-refractivity contribution in [3.05, 3.63) is 53.1 Å². The predicted octanol–water partition coefficient (Wildman–Crippen LogP) is 4.13. The van der Waals surface area contributed by atoms with E-state index in [4.69, 9.17) is 21.1 Å². The molecular formula is C19H19ClN2O5S. The summed E-state index contributed by atoms with van der Waals surface area (Å²) in [5.41, 5.74) is 3.13. The number of nitrogens with one attached hydrogen (secondary N) is 1. The molecule has 0 unspecified atom stereocenters. The summed E-state index contributed by atoms with van der Waals surface area (Å²) in [5.74, 6) is 0.973. The number of hydrogen-bond donors (Lipinski definition) is 1. The van der Waals surface area contributed by atoms with Crippen LogP contribution in [0.25, 0.3) is 0 Å². The van der Waals surface area contributed by atoms with Crippen molar-refractivity contribution in [2.45, 2.75) is 11.3 Å². The first-order valence-corrected chi connectivity index (χ1v) is 9.52. The van der Waals surface area contributed by atoms with Crippen LogP contribution in [0.15, 0.2) is 52.5 Å². The average molecular weight is 423 g/mol. The number of benzene rings is 2. The van der Waals surface area contributed by atoms with Gasteiger partial charge in [-0.05, 0) is 48.0 Å². The molecule has 9 heteroatoms. The number of nitrogens with zero attached hydrogens (tertiary/aromatic N) is 1. The molecule has 0 radical (unpaired) electrons. The number of carbonyl (C=O) groups excluding carboxylic acids is 2. The Morgan fingerprint density at radius 2 is 1.89 bits per heavy atom. The maximum absolute atomic E-state index is 11.9. The molecule has 28 heavy (non-hydrogen) atoms. The minimum atomic E-state index is -0.844. The van der Waals surface area contributed by atoms with Gasteiger partial charge in [-0.1, -0.05) is 11.6 Å². The second kappa shape index (κ2) is 11.2. The second-order valence-corrected chi connectivity index (χ2v) is 6.92. The fourth-order valence-electron chi connectivity index (χ4n) is 2.01. The lowest BCUT2D eigenvalue weighted by molar-refractivity contribution is -0.120. The highest BCUT2D eigenvalue weighted by atomic mass is 35.5. The predicted molar refractivity (Wildman–Crippen MR) is 109 cm³/mol. The summed E-state index contributed by atoms with van der Waals surface area (Å²) in [7, 11) is 2.66. The summed E-state index contributed by atoms with van der Waals surface area (Å²) in [6.45, 7) is 0. The van der Waals surface area contributed by atoms with Crippen molar-refractivity contribution in [1.29, 1.82) is 0 Å². The van der Waals surface area contributed by atoms with Gasteiger partial charge in [0.1, 0.15) is 0 Å². The van der Waals surface area contributed by atoms with Crippen LogP contribution in [-0.2, 0) is 9.53 Å². The molecule has 0 spiro atoms. The van der Waals surface area contributed by atoms with Gasteiger partial charge in [-0.15, -0.1) is 11.8 Å². The molecule has 0 atom stereocenters. The number of amides is 1. The zero-order valence-corrected chi connectivity index (χ0v) is 16.9. The number of rotatable bonds is 8. The van der Waals surface area contributed by atoms with Crippen molar-refractivity contribution in [1.82, 2.24) is 5.43 Å². The van der Waals surface area contributed by atoms with Gasteiger partial charge in [0.05, 0.1) is 20.4 Å². The van der Waals surface area contributed by atoms with Crippen molar-refractivity contribution in [2.75, 3.05) is 20.0 Å². The van der Waals surface area contributed by atoms with Gasteiger partial charge in [-0.25, -0.2) is 10.2 Å². The number of carbonyl (C=O) groups is 2. The smallest absolute Gasteiger partial charge is 0.493 e. The van der Waals surface area contributed by atoms with Crippen molar-refractivity contribution in [2.24, 2.45) is 5.10 Å². The molecule has 0 heterocycles. The van der Waals surface area contributed by atoms with E-state index in [1.54, 1.807) is 30.0 Å². The van der Waals surface area contributed by atoms with E-state index in [0.717, 1.165) is 4.90 Å². The van der Waals surface area contributed by atoms with Gasteiger partial charge < -0.3 is 14.2 Å². The lowest BCUT2D eigenvalue weighted by Crippen LogP contribution is -2.17. The Kier molecular flexibility index (Phi) is 8.64.